The molecule has 1 amide bonds. The summed E-state index contributed by atoms with van der Waals surface area (Å²) in [6.45, 7) is 4.86. The zero-order chi connectivity index (χ0) is 24.2. The number of nitrogens with one attached hydrogen (secondary N) is 1. The lowest BCUT2D eigenvalue weighted by Gasteiger charge is -2.33. The number of pyridine rings is 1. The van der Waals surface area contributed by atoms with Gasteiger partial charge in [-0.1, -0.05) is 25.5 Å². The van der Waals surface area contributed by atoms with E-state index in [0.717, 1.165) is 43.7 Å². The molecule has 1 aromatic carbocycles. The number of amides is 1. The first-order valence-corrected chi connectivity index (χ1v) is 12.3. The molecule has 0 aliphatic carbocycles. The molecule has 1 saturated heterocycles. The number of nitrogens with zero attached hydrogens (tertiary/aromatic N) is 2. The van der Waals surface area contributed by atoms with E-state index >= 15 is 0 Å². The number of carbonyl (C=O) groups is 2. The molecule has 1 N–H and O–H groups in total. The van der Waals surface area contributed by atoms with Crippen LogP contribution in [0.4, 0.5) is 5.69 Å². The minimum absolute atomic E-state index is 0.121. The van der Waals surface area contributed by atoms with Crippen molar-refractivity contribution in [1.29, 1.82) is 0 Å². The third kappa shape index (κ3) is 8.04. The number of esters is 1. The number of piperidine rings is 1. The van der Waals surface area contributed by atoms with E-state index < -0.39 is 12.0 Å². The van der Waals surface area contributed by atoms with Gasteiger partial charge in [0.25, 0.3) is 0 Å². The Morgan fingerprint density at radius 3 is 2.47 bits per heavy atom. The van der Waals surface area contributed by atoms with E-state index in [1.165, 1.54) is 25.6 Å². The van der Waals surface area contributed by atoms with E-state index in [0.29, 0.717) is 25.4 Å². The lowest BCUT2D eigenvalue weighted by atomic mass is 9.93. The molecule has 0 saturated carbocycles. The Labute approximate surface area is 202 Å². The van der Waals surface area contributed by atoms with Crippen LogP contribution in [0.5, 0.6) is 5.75 Å². The van der Waals surface area contributed by atoms with Crippen LogP contribution in [0.1, 0.15) is 51.0 Å². The van der Waals surface area contributed by atoms with Crippen molar-refractivity contribution in [2.75, 3.05) is 31.7 Å². The number of unbranched alkanes of at least 4 members (excludes halogenated alkanes) is 1. The van der Waals surface area contributed by atoms with Crippen LogP contribution in [0.15, 0.2) is 48.8 Å². The van der Waals surface area contributed by atoms with Gasteiger partial charge in [0.2, 0.25) is 5.91 Å². The predicted molar refractivity (Wildman–Crippen MR) is 133 cm³/mol. The lowest BCUT2D eigenvalue weighted by Crippen LogP contribution is -2.43. The van der Waals surface area contributed by atoms with E-state index in [2.05, 4.69) is 27.3 Å². The van der Waals surface area contributed by atoms with E-state index in [1.807, 2.05) is 43.6 Å². The van der Waals surface area contributed by atoms with Gasteiger partial charge in [-0.2, -0.15) is 0 Å². The topological polar surface area (TPSA) is 80.8 Å². The Hall–Kier alpha value is -3.09. The molecule has 3 rings (SSSR count). The van der Waals surface area contributed by atoms with Crippen molar-refractivity contribution in [3.05, 3.63) is 54.4 Å². The van der Waals surface area contributed by atoms with Crippen molar-refractivity contribution in [2.45, 2.75) is 57.9 Å². The summed E-state index contributed by atoms with van der Waals surface area (Å²) in [5, 5.41) is 2.80. The van der Waals surface area contributed by atoms with Gasteiger partial charge in [-0.3, -0.25) is 9.78 Å². The lowest BCUT2D eigenvalue weighted by molar-refractivity contribution is -0.145. The largest absolute Gasteiger partial charge is 0.494 e. The molecule has 7 heteroatoms. The summed E-state index contributed by atoms with van der Waals surface area (Å²) >= 11 is 0. The zero-order valence-corrected chi connectivity index (χ0v) is 20.4. The fourth-order valence-electron chi connectivity index (χ4n) is 4.27. The first-order chi connectivity index (χ1) is 16.6. The molecule has 1 unspecified atom stereocenters. The van der Waals surface area contributed by atoms with Crippen molar-refractivity contribution >= 4 is 17.6 Å². The van der Waals surface area contributed by atoms with Crippen LogP contribution >= 0.6 is 0 Å². The Morgan fingerprint density at radius 2 is 1.82 bits per heavy atom. The highest BCUT2D eigenvalue weighted by atomic mass is 16.5. The Kier molecular flexibility index (Phi) is 10.2. The average molecular weight is 468 g/mol. The van der Waals surface area contributed by atoms with Crippen LogP contribution in [-0.4, -0.2) is 49.7 Å². The summed E-state index contributed by atoms with van der Waals surface area (Å²) < 4.78 is 10.8. The highest BCUT2D eigenvalue weighted by Crippen LogP contribution is 2.25. The van der Waals surface area contributed by atoms with Gasteiger partial charge in [-0.25, -0.2) is 4.79 Å². The predicted octanol–water partition coefficient (Wildman–Crippen LogP) is 4.16. The number of benzene rings is 1. The van der Waals surface area contributed by atoms with Crippen LogP contribution in [0.2, 0.25) is 0 Å². The Balaban J connectivity index is 1.41. The summed E-state index contributed by atoms with van der Waals surface area (Å²) in [5.41, 5.74) is 2.20. The first kappa shape index (κ1) is 25.5. The van der Waals surface area contributed by atoms with Crippen molar-refractivity contribution in [1.82, 2.24) is 10.3 Å². The molecule has 0 bridgehead atoms. The van der Waals surface area contributed by atoms with Crippen LogP contribution in [-0.2, 0) is 20.7 Å². The molecule has 0 radical (unpaired) electrons. The van der Waals surface area contributed by atoms with Gasteiger partial charge in [-0.15, -0.1) is 0 Å². The number of anilines is 1. The number of rotatable bonds is 12. The molecule has 34 heavy (non-hydrogen) atoms. The van der Waals surface area contributed by atoms with Gasteiger partial charge >= 0.3 is 5.97 Å². The standard InChI is InChI=1S/C27H37N3O4/c1-3-4-5-26(31)29-25(27(32)33-2)20-22-6-8-24(9-7-22)34-19-14-21-12-17-30(18-13-21)23-10-15-28-16-11-23/h6-11,15-16,21,25H,3-5,12-14,17-20H2,1-2H3,(H,29,31). The van der Waals surface area contributed by atoms with Gasteiger partial charge < -0.3 is 19.7 Å². The maximum atomic E-state index is 12.1. The van der Waals surface area contributed by atoms with Crippen molar-refractivity contribution in [2.24, 2.45) is 5.92 Å². The maximum absolute atomic E-state index is 12.1. The first-order valence-electron chi connectivity index (χ1n) is 12.3. The van der Waals surface area contributed by atoms with E-state index in [9.17, 15) is 9.59 Å². The number of carbonyl (C=O) groups excluding carboxylic acids is 2. The van der Waals surface area contributed by atoms with Crippen LogP contribution in [0, 0.1) is 5.92 Å². The van der Waals surface area contributed by atoms with Crippen molar-refractivity contribution < 1.29 is 19.1 Å². The monoisotopic (exact) mass is 467 g/mol. The van der Waals surface area contributed by atoms with Gasteiger partial charge in [-0.05, 0) is 61.4 Å². The molecule has 2 heterocycles. The van der Waals surface area contributed by atoms with Crippen molar-refractivity contribution in [3.63, 3.8) is 0 Å². The maximum Gasteiger partial charge on any atom is 0.328 e. The molecule has 1 aromatic heterocycles. The summed E-state index contributed by atoms with van der Waals surface area (Å²) in [6, 6.07) is 11.2. The highest BCUT2D eigenvalue weighted by molar-refractivity contribution is 5.84. The van der Waals surface area contributed by atoms with Crippen molar-refractivity contribution in [3.8, 4) is 5.75 Å². The van der Waals surface area contributed by atoms with Gasteiger partial charge in [0.15, 0.2) is 0 Å². The van der Waals surface area contributed by atoms with Crippen LogP contribution < -0.4 is 15.0 Å². The minimum atomic E-state index is -0.681. The molecule has 2 aromatic rings. The summed E-state index contributed by atoms with van der Waals surface area (Å²) in [7, 11) is 1.34. The number of methoxy groups -OCH3 is 1. The summed E-state index contributed by atoms with van der Waals surface area (Å²) in [6.07, 6.45) is 9.62. The molecule has 1 aliphatic rings. The number of hydrogen-bond acceptors (Lipinski definition) is 6. The zero-order valence-electron chi connectivity index (χ0n) is 20.4. The normalized spacial score (nSPS) is 14.9. The van der Waals surface area contributed by atoms with E-state index in [4.69, 9.17) is 9.47 Å². The number of hydrogen-bond donors (Lipinski definition) is 1. The average Bonchev–Trinajstić information content (AvgIpc) is 2.88. The molecule has 184 valence electrons. The Bertz CT molecular complexity index is 881. The molecule has 1 atom stereocenters. The molecular formula is C27H37N3O4. The second kappa shape index (κ2) is 13.6. The fourth-order valence-corrected chi connectivity index (χ4v) is 4.27. The minimum Gasteiger partial charge on any atom is -0.494 e. The van der Waals surface area contributed by atoms with Crippen LogP contribution in [0.25, 0.3) is 0 Å². The molecular weight excluding hydrogens is 430 g/mol. The van der Waals surface area contributed by atoms with Gasteiger partial charge in [0, 0.05) is 44.0 Å². The molecule has 0 spiro atoms. The molecule has 1 aliphatic heterocycles. The molecule has 1 fully saturated rings. The second-order valence-corrected chi connectivity index (χ2v) is 8.87. The molecule has 7 nitrogen and oxygen atoms in total. The second-order valence-electron chi connectivity index (χ2n) is 8.87. The Morgan fingerprint density at radius 1 is 1.12 bits per heavy atom. The third-order valence-corrected chi connectivity index (χ3v) is 6.38. The number of aromatic nitrogens is 1. The van der Waals surface area contributed by atoms with E-state index in [1.54, 1.807) is 0 Å². The summed E-state index contributed by atoms with van der Waals surface area (Å²) in [5.74, 6) is 0.943. The third-order valence-electron chi connectivity index (χ3n) is 6.38. The van der Waals surface area contributed by atoms with Crippen LogP contribution in [0.3, 0.4) is 0 Å². The van der Waals surface area contributed by atoms with Gasteiger partial charge in [0.05, 0.1) is 13.7 Å². The fraction of sp³-hybridized carbons (Fsp3) is 0.519. The number of ether oxygens (including phenoxy) is 2. The van der Waals surface area contributed by atoms with Gasteiger partial charge in [0.1, 0.15) is 11.8 Å². The smallest absolute Gasteiger partial charge is 0.328 e. The van der Waals surface area contributed by atoms with E-state index in [-0.39, 0.29) is 5.91 Å². The SMILES string of the molecule is CCCCC(=O)NC(Cc1ccc(OCCC2CCN(c3ccncc3)CC2)cc1)C(=O)OC. The quantitative estimate of drug-likeness (QED) is 0.472. The highest BCUT2D eigenvalue weighted by Gasteiger charge is 2.22. The summed E-state index contributed by atoms with van der Waals surface area (Å²) in [4.78, 5) is 30.7.